The standard InChI is InChI=1S/C24H15N3O6S/c28-21(15-6-8-17(9-7-15)27(31)32)14-20-22(29)25-24(34)26(23(20)30)16-10-12-19(13-11-16)33-18-4-2-1-3-5-18/h1-14H,(H,25,29,34)/b20-14-. The molecule has 0 aromatic heterocycles. The highest BCUT2D eigenvalue weighted by atomic mass is 32.1. The lowest BCUT2D eigenvalue weighted by Gasteiger charge is -2.28. The number of non-ortho nitro benzene ring substituents is 1. The van der Waals surface area contributed by atoms with E-state index < -0.39 is 28.1 Å². The zero-order chi connectivity index (χ0) is 24.2. The first kappa shape index (κ1) is 22.5. The van der Waals surface area contributed by atoms with Crippen molar-refractivity contribution in [3.8, 4) is 11.5 Å². The molecular formula is C24H15N3O6S. The number of hydrogen-bond acceptors (Lipinski definition) is 7. The minimum absolute atomic E-state index is 0.0841. The summed E-state index contributed by atoms with van der Waals surface area (Å²) in [7, 11) is 0. The number of nitrogens with zero attached hydrogens (tertiary/aromatic N) is 2. The van der Waals surface area contributed by atoms with Crippen molar-refractivity contribution in [2.24, 2.45) is 0 Å². The van der Waals surface area contributed by atoms with Gasteiger partial charge in [-0.3, -0.25) is 34.7 Å². The molecule has 0 unspecified atom stereocenters. The van der Waals surface area contributed by atoms with Gasteiger partial charge in [-0.15, -0.1) is 0 Å². The van der Waals surface area contributed by atoms with E-state index in [1.807, 2.05) is 18.2 Å². The average molecular weight is 473 g/mol. The van der Waals surface area contributed by atoms with Crippen LogP contribution < -0.4 is 15.0 Å². The summed E-state index contributed by atoms with van der Waals surface area (Å²) in [4.78, 5) is 49.3. The Bertz CT molecular complexity index is 1340. The maximum Gasteiger partial charge on any atom is 0.270 e. The van der Waals surface area contributed by atoms with Crippen LogP contribution in [0.4, 0.5) is 11.4 Å². The van der Waals surface area contributed by atoms with Gasteiger partial charge in [0.2, 0.25) is 0 Å². The molecule has 1 aliphatic heterocycles. The fourth-order valence-corrected chi connectivity index (χ4v) is 3.42. The number of allylic oxidation sites excluding steroid dienone is 1. The lowest BCUT2D eigenvalue weighted by Crippen LogP contribution is -2.54. The van der Waals surface area contributed by atoms with E-state index in [1.54, 1.807) is 36.4 Å². The molecule has 1 aliphatic rings. The van der Waals surface area contributed by atoms with Crippen molar-refractivity contribution in [1.82, 2.24) is 5.32 Å². The Kier molecular flexibility index (Phi) is 6.24. The molecule has 1 heterocycles. The number of ketones is 1. The second kappa shape index (κ2) is 9.43. The van der Waals surface area contributed by atoms with Crippen LogP contribution in [0.15, 0.2) is 90.5 Å². The molecule has 3 aromatic carbocycles. The molecule has 1 saturated heterocycles. The molecule has 10 heteroatoms. The van der Waals surface area contributed by atoms with Gasteiger partial charge in [-0.25, -0.2) is 0 Å². The van der Waals surface area contributed by atoms with Crippen molar-refractivity contribution < 1.29 is 24.0 Å². The number of amides is 2. The SMILES string of the molecule is O=C1NC(=S)N(c2ccc(Oc3ccccc3)cc2)C(=O)/C1=C\C(=O)c1ccc([N+](=O)[O-])cc1. The molecule has 0 aliphatic carbocycles. The predicted molar refractivity (Wildman–Crippen MR) is 127 cm³/mol. The number of nitrogens with one attached hydrogen (secondary N) is 1. The van der Waals surface area contributed by atoms with Crippen LogP contribution in [0, 0.1) is 10.1 Å². The molecule has 2 amide bonds. The number of carbonyl (C=O) groups is 3. The lowest BCUT2D eigenvalue weighted by atomic mass is 10.0. The van der Waals surface area contributed by atoms with Crippen LogP contribution in [0.5, 0.6) is 11.5 Å². The van der Waals surface area contributed by atoms with E-state index in [9.17, 15) is 24.5 Å². The lowest BCUT2D eigenvalue weighted by molar-refractivity contribution is -0.384. The smallest absolute Gasteiger partial charge is 0.270 e. The van der Waals surface area contributed by atoms with Gasteiger partial charge in [-0.2, -0.15) is 0 Å². The third-order valence-corrected chi connectivity index (χ3v) is 5.10. The van der Waals surface area contributed by atoms with Gasteiger partial charge in [0.1, 0.15) is 17.1 Å². The summed E-state index contributed by atoms with van der Waals surface area (Å²) < 4.78 is 5.73. The van der Waals surface area contributed by atoms with Crippen LogP contribution in [0.25, 0.3) is 0 Å². The van der Waals surface area contributed by atoms with Gasteiger partial charge in [0.15, 0.2) is 10.9 Å². The molecular weight excluding hydrogens is 458 g/mol. The minimum atomic E-state index is -0.814. The van der Waals surface area contributed by atoms with Crippen LogP contribution in [0.2, 0.25) is 0 Å². The number of benzene rings is 3. The number of carbonyl (C=O) groups excluding carboxylic acids is 3. The second-order valence-electron chi connectivity index (χ2n) is 7.04. The number of nitro groups is 1. The molecule has 9 nitrogen and oxygen atoms in total. The summed E-state index contributed by atoms with van der Waals surface area (Å²) in [6.07, 6.45) is 0.889. The Labute approximate surface area is 198 Å². The number of thiocarbonyl (C=S) groups is 1. The summed E-state index contributed by atoms with van der Waals surface area (Å²) in [5.41, 5.74) is -0.154. The van der Waals surface area contributed by atoms with Crippen molar-refractivity contribution in [1.29, 1.82) is 0 Å². The molecule has 168 valence electrons. The molecule has 0 spiro atoms. The van der Waals surface area contributed by atoms with E-state index in [0.29, 0.717) is 17.2 Å². The molecule has 1 N–H and O–H groups in total. The maximum absolute atomic E-state index is 13.1. The number of anilines is 1. The van der Waals surface area contributed by atoms with Gasteiger partial charge in [-0.05, 0) is 60.7 Å². The van der Waals surface area contributed by atoms with E-state index in [-0.39, 0.29) is 16.4 Å². The summed E-state index contributed by atoms with van der Waals surface area (Å²) >= 11 is 5.17. The normalized spacial score (nSPS) is 14.6. The first-order valence-corrected chi connectivity index (χ1v) is 10.3. The van der Waals surface area contributed by atoms with Crippen molar-refractivity contribution in [3.05, 3.63) is 106 Å². The van der Waals surface area contributed by atoms with Gasteiger partial charge in [0, 0.05) is 23.8 Å². The monoisotopic (exact) mass is 473 g/mol. The molecule has 34 heavy (non-hydrogen) atoms. The maximum atomic E-state index is 13.1. The first-order valence-electron chi connectivity index (χ1n) is 9.87. The topological polar surface area (TPSA) is 119 Å². The van der Waals surface area contributed by atoms with Gasteiger partial charge in [0.05, 0.1) is 10.6 Å². The number of rotatable bonds is 6. The highest BCUT2D eigenvalue weighted by Gasteiger charge is 2.35. The Morgan fingerprint density at radius 2 is 1.56 bits per heavy atom. The van der Waals surface area contributed by atoms with E-state index in [0.717, 1.165) is 23.1 Å². The van der Waals surface area contributed by atoms with Crippen LogP contribution >= 0.6 is 12.2 Å². The van der Waals surface area contributed by atoms with Crippen LogP contribution in [0.1, 0.15) is 10.4 Å². The van der Waals surface area contributed by atoms with Crippen LogP contribution in [-0.4, -0.2) is 27.6 Å². The van der Waals surface area contributed by atoms with Crippen molar-refractivity contribution >= 4 is 46.3 Å². The number of hydrogen-bond donors (Lipinski definition) is 1. The van der Waals surface area contributed by atoms with Gasteiger partial charge < -0.3 is 4.74 Å². The zero-order valence-electron chi connectivity index (χ0n) is 17.3. The van der Waals surface area contributed by atoms with Crippen molar-refractivity contribution in [3.63, 3.8) is 0 Å². The molecule has 0 bridgehead atoms. The zero-order valence-corrected chi connectivity index (χ0v) is 18.2. The largest absolute Gasteiger partial charge is 0.457 e. The molecule has 0 atom stereocenters. The van der Waals surface area contributed by atoms with E-state index in [4.69, 9.17) is 17.0 Å². The Hall–Kier alpha value is -4.70. The van der Waals surface area contributed by atoms with E-state index >= 15 is 0 Å². The quantitative estimate of drug-likeness (QED) is 0.144. The highest BCUT2D eigenvalue weighted by Crippen LogP contribution is 2.26. The summed E-state index contributed by atoms with van der Waals surface area (Å²) in [6.45, 7) is 0. The fraction of sp³-hybridized carbons (Fsp3) is 0. The number of nitro benzene ring substituents is 1. The van der Waals surface area contributed by atoms with Crippen LogP contribution in [-0.2, 0) is 9.59 Å². The average Bonchev–Trinajstić information content (AvgIpc) is 2.83. The van der Waals surface area contributed by atoms with E-state index in [2.05, 4.69) is 5.32 Å². The van der Waals surface area contributed by atoms with Crippen molar-refractivity contribution in [2.45, 2.75) is 0 Å². The number of ether oxygens (including phenoxy) is 1. The predicted octanol–water partition coefficient (Wildman–Crippen LogP) is 3.94. The molecule has 3 aromatic rings. The summed E-state index contributed by atoms with van der Waals surface area (Å²) in [5, 5.41) is 13.1. The van der Waals surface area contributed by atoms with E-state index in [1.165, 1.54) is 12.1 Å². The second-order valence-corrected chi connectivity index (χ2v) is 7.42. The molecule has 1 fully saturated rings. The third kappa shape index (κ3) is 4.71. The number of para-hydroxylation sites is 1. The minimum Gasteiger partial charge on any atom is -0.457 e. The Balaban J connectivity index is 1.56. The Morgan fingerprint density at radius 3 is 2.18 bits per heavy atom. The first-order chi connectivity index (χ1) is 16.3. The van der Waals surface area contributed by atoms with Crippen molar-refractivity contribution in [2.75, 3.05) is 4.90 Å². The van der Waals surface area contributed by atoms with Gasteiger partial charge in [-0.1, -0.05) is 18.2 Å². The Morgan fingerprint density at radius 1 is 0.941 bits per heavy atom. The summed E-state index contributed by atoms with van der Waals surface area (Å²) in [6, 6.07) is 20.4. The fourth-order valence-electron chi connectivity index (χ4n) is 3.14. The van der Waals surface area contributed by atoms with Crippen LogP contribution in [0.3, 0.4) is 0 Å². The van der Waals surface area contributed by atoms with Gasteiger partial charge >= 0.3 is 0 Å². The van der Waals surface area contributed by atoms with Gasteiger partial charge in [0.25, 0.3) is 17.5 Å². The third-order valence-electron chi connectivity index (χ3n) is 4.81. The highest BCUT2D eigenvalue weighted by molar-refractivity contribution is 7.80. The molecule has 4 rings (SSSR count). The molecule has 0 saturated carbocycles. The summed E-state index contributed by atoms with van der Waals surface area (Å²) in [5.74, 6) is -1.08. The molecule has 0 radical (unpaired) electrons.